The molecule has 3 aromatic rings. The predicted octanol–water partition coefficient (Wildman–Crippen LogP) is 5.66. The van der Waals surface area contributed by atoms with E-state index >= 15 is 0 Å². The predicted molar refractivity (Wildman–Crippen MR) is 136 cm³/mol. The van der Waals surface area contributed by atoms with Crippen LogP contribution in [0.1, 0.15) is 49.7 Å². The molecular weight excluding hydrogens is 424 g/mol. The van der Waals surface area contributed by atoms with Crippen LogP contribution in [0.15, 0.2) is 60.8 Å². The van der Waals surface area contributed by atoms with E-state index in [0.717, 1.165) is 74.7 Å². The molecule has 0 aliphatic carbocycles. The molecule has 5 nitrogen and oxygen atoms in total. The minimum absolute atomic E-state index is 0.178. The maximum Gasteiger partial charge on any atom is 0.303 e. The van der Waals surface area contributed by atoms with E-state index in [1.54, 1.807) is 7.11 Å². The van der Waals surface area contributed by atoms with Crippen LogP contribution in [0.4, 0.5) is 0 Å². The summed E-state index contributed by atoms with van der Waals surface area (Å²) in [6.07, 6.45) is 9.19. The molecule has 1 aliphatic rings. The van der Waals surface area contributed by atoms with E-state index in [9.17, 15) is 9.90 Å². The van der Waals surface area contributed by atoms with Gasteiger partial charge in [-0.2, -0.15) is 0 Å². The zero-order valence-electron chi connectivity index (χ0n) is 20.1. The van der Waals surface area contributed by atoms with Gasteiger partial charge in [0.2, 0.25) is 0 Å². The highest BCUT2D eigenvalue weighted by Crippen LogP contribution is 2.43. The van der Waals surface area contributed by atoms with Crippen LogP contribution in [0.5, 0.6) is 5.75 Å². The fourth-order valence-corrected chi connectivity index (χ4v) is 5.76. The van der Waals surface area contributed by atoms with E-state index in [-0.39, 0.29) is 11.8 Å². The molecular formula is C29H36N2O3. The number of aryl methyl sites for hydroxylation is 2. The van der Waals surface area contributed by atoms with Gasteiger partial charge in [-0.3, -0.25) is 9.78 Å². The van der Waals surface area contributed by atoms with E-state index in [0.29, 0.717) is 5.92 Å². The molecule has 1 aromatic heterocycles. The van der Waals surface area contributed by atoms with E-state index in [4.69, 9.17) is 4.74 Å². The van der Waals surface area contributed by atoms with Crippen molar-refractivity contribution in [1.29, 1.82) is 0 Å². The van der Waals surface area contributed by atoms with Gasteiger partial charge in [0.25, 0.3) is 0 Å². The number of nitrogens with zero attached hydrogens (tertiary/aromatic N) is 1. The van der Waals surface area contributed by atoms with Crippen molar-refractivity contribution in [1.82, 2.24) is 10.3 Å². The number of nitrogens with one attached hydrogen (secondary N) is 1. The van der Waals surface area contributed by atoms with Crippen LogP contribution < -0.4 is 10.1 Å². The molecule has 1 fully saturated rings. The number of pyridine rings is 1. The summed E-state index contributed by atoms with van der Waals surface area (Å²) in [5.41, 5.74) is 3.42. The normalized spacial score (nSPS) is 20.3. The molecule has 4 rings (SSSR count). The second-order valence-electron chi connectivity index (χ2n) is 9.68. The number of hydrogen-bond donors (Lipinski definition) is 2. The van der Waals surface area contributed by atoms with Crippen LogP contribution in [0.25, 0.3) is 10.9 Å². The number of carbonyl (C=O) groups is 1. The SMILES string of the molecule is COc1ccc2nccc(CCC[C@@H]3CCNC[C@]3(CCCc3ccccc3)CC(=O)O)c2c1. The highest BCUT2D eigenvalue weighted by atomic mass is 16.5. The Morgan fingerprint density at radius 1 is 1.15 bits per heavy atom. The number of ether oxygens (including phenoxy) is 1. The molecule has 34 heavy (non-hydrogen) atoms. The molecule has 0 amide bonds. The number of piperidine rings is 1. The summed E-state index contributed by atoms with van der Waals surface area (Å²) in [7, 11) is 1.69. The van der Waals surface area contributed by atoms with Gasteiger partial charge in [0, 0.05) is 18.1 Å². The third-order valence-corrected chi connectivity index (χ3v) is 7.54. The van der Waals surface area contributed by atoms with Crippen LogP contribution >= 0.6 is 0 Å². The minimum Gasteiger partial charge on any atom is -0.497 e. The van der Waals surface area contributed by atoms with Crippen LogP contribution in [0.2, 0.25) is 0 Å². The average molecular weight is 461 g/mol. The molecule has 180 valence electrons. The van der Waals surface area contributed by atoms with Crippen LogP contribution in [-0.2, 0) is 17.6 Å². The van der Waals surface area contributed by atoms with Gasteiger partial charge < -0.3 is 15.2 Å². The Morgan fingerprint density at radius 3 is 2.79 bits per heavy atom. The number of benzene rings is 2. The van der Waals surface area contributed by atoms with E-state index in [2.05, 4.69) is 46.7 Å². The number of carboxylic acid groups (broad SMARTS) is 1. The molecule has 2 N–H and O–H groups in total. The molecule has 0 bridgehead atoms. The fourth-order valence-electron chi connectivity index (χ4n) is 5.76. The number of carboxylic acids is 1. The van der Waals surface area contributed by atoms with Crippen molar-refractivity contribution in [3.05, 3.63) is 71.9 Å². The van der Waals surface area contributed by atoms with Crippen molar-refractivity contribution in [2.45, 2.75) is 51.4 Å². The maximum absolute atomic E-state index is 11.9. The number of rotatable bonds is 11. The first-order valence-electron chi connectivity index (χ1n) is 12.5. The topological polar surface area (TPSA) is 71.5 Å². The molecule has 2 aromatic carbocycles. The largest absolute Gasteiger partial charge is 0.497 e. The number of methoxy groups -OCH3 is 1. The Labute approximate surface area is 202 Å². The highest BCUT2D eigenvalue weighted by molar-refractivity contribution is 5.83. The lowest BCUT2D eigenvalue weighted by Gasteiger charge is -2.44. The van der Waals surface area contributed by atoms with Gasteiger partial charge in [0.1, 0.15) is 5.75 Å². The molecule has 0 radical (unpaired) electrons. The summed E-state index contributed by atoms with van der Waals surface area (Å²) in [6, 6.07) is 18.6. The van der Waals surface area contributed by atoms with Crippen molar-refractivity contribution < 1.29 is 14.6 Å². The number of fused-ring (bicyclic) bond motifs is 1. The molecule has 0 unspecified atom stereocenters. The second-order valence-corrected chi connectivity index (χ2v) is 9.68. The van der Waals surface area contributed by atoms with E-state index in [1.807, 2.05) is 24.4 Å². The van der Waals surface area contributed by atoms with E-state index < -0.39 is 5.97 Å². The third-order valence-electron chi connectivity index (χ3n) is 7.54. The minimum atomic E-state index is -0.680. The monoisotopic (exact) mass is 460 g/mol. The van der Waals surface area contributed by atoms with Gasteiger partial charge in [-0.1, -0.05) is 30.3 Å². The maximum atomic E-state index is 11.9. The molecule has 0 spiro atoms. The van der Waals surface area contributed by atoms with Gasteiger partial charge in [0.05, 0.1) is 19.0 Å². The lowest BCUT2D eigenvalue weighted by atomic mass is 9.64. The molecule has 0 saturated carbocycles. The van der Waals surface area contributed by atoms with Crippen molar-refractivity contribution in [2.24, 2.45) is 11.3 Å². The molecule has 5 heteroatoms. The second kappa shape index (κ2) is 11.5. The quantitative estimate of drug-likeness (QED) is 0.386. The first kappa shape index (κ1) is 24.2. The van der Waals surface area contributed by atoms with E-state index in [1.165, 1.54) is 11.1 Å². The van der Waals surface area contributed by atoms with Crippen molar-refractivity contribution in [3.8, 4) is 5.75 Å². The third kappa shape index (κ3) is 5.95. The summed E-state index contributed by atoms with van der Waals surface area (Å²) in [5.74, 6) is 0.586. The summed E-state index contributed by atoms with van der Waals surface area (Å²) in [4.78, 5) is 16.4. The Morgan fingerprint density at radius 2 is 2.00 bits per heavy atom. The lowest BCUT2D eigenvalue weighted by Crippen LogP contribution is -2.48. The Bertz CT molecular complexity index is 1090. The molecule has 2 heterocycles. The zero-order chi connectivity index (χ0) is 23.8. The number of aliphatic carboxylic acids is 1. The van der Waals surface area contributed by atoms with Gasteiger partial charge in [-0.05, 0) is 98.2 Å². The van der Waals surface area contributed by atoms with Gasteiger partial charge in [-0.25, -0.2) is 0 Å². The van der Waals surface area contributed by atoms with Crippen molar-refractivity contribution >= 4 is 16.9 Å². The van der Waals surface area contributed by atoms with Crippen molar-refractivity contribution in [3.63, 3.8) is 0 Å². The van der Waals surface area contributed by atoms with Gasteiger partial charge in [-0.15, -0.1) is 0 Å². The van der Waals surface area contributed by atoms with Crippen LogP contribution in [-0.4, -0.2) is 36.3 Å². The Hall–Kier alpha value is -2.92. The zero-order valence-corrected chi connectivity index (χ0v) is 20.1. The molecule has 2 atom stereocenters. The highest BCUT2D eigenvalue weighted by Gasteiger charge is 2.41. The molecule has 1 aliphatic heterocycles. The number of aromatic nitrogens is 1. The fraction of sp³-hybridized carbons (Fsp3) is 0.448. The average Bonchev–Trinajstić information content (AvgIpc) is 2.85. The van der Waals surface area contributed by atoms with Gasteiger partial charge in [0.15, 0.2) is 0 Å². The van der Waals surface area contributed by atoms with Gasteiger partial charge >= 0.3 is 5.97 Å². The van der Waals surface area contributed by atoms with Crippen LogP contribution in [0, 0.1) is 11.3 Å². The summed E-state index contributed by atoms with van der Waals surface area (Å²) in [6.45, 7) is 1.77. The first-order chi connectivity index (χ1) is 16.6. The lowest BCUT2D eigenvalue weighted by molar-refractivity contribution is -0.141. The molecule has 1 saturated heterocycles. The first-order valence-corrected chi connectivity index (χ1v) is 12.5. The van der Waals surface area contributed by atoms with Crippen LogP contribution in [0.3, 0.4) is 0 Å². The Kier molecular flexibility index (Phi) is 8.17. The standard InChI is InChI=1S/C29H36N2O3/c1-34-25-12-13-27-26(19-25)23(14-18-31-27)10-5-11-24-15-17-30-21-29(24,20-28(32)33)16-6-9-22-7-3-2-4-8-22/h2-4,7-8,12-14,18-19,24,30H,5-6,9-11,15-17,20-21H2,1H3,(H,32,33)/t24-,29+/m1/s1. The Balaban J connectivity index is 1.44. The smallest absolute Gasteiger partial charge is 0.303 e. The summed E-state index contributed by atoms with van der Waals surface area (Å²) >= 11 is 0. The van der Waals surface area contributed by atoms with Crippen molar-refractivity contribution in [2.75, 3.05) is 20.2 Å². The number of hydrogen-bond acceptors (Lipinski definition) is 4. The summed E-state index contributed by atoms with van der Waals surface area (Å²) in [5, 5.41) is 14.5. The summed E-state index contributed by atoms with van der Waals surface area (Å²) < 4.78 is 5.42.